The van der Waals surface area contributed by atoms with Crippen molar-refractivity contribution >= 4 is 17.4 Å². The van der Waals surface area contributed by atoms with Crippen LogP contribution in [0.15, 0.2) is 30.5 Å². The van der Waals surface area contributed by atoms with Crippen molar-refractivity contribution in [1.29, 1.82) is 0 Å². The molecule has 1 aliphatic rings. The van der Waals surface area contributed by atoms with E-state index in [1.54, 1.807) is 26.1 Å². The number of carbonyl (C=O) groups excluding carboxylic acids is 1. The van der Waals surface area contributed by atoms with Gasteiger partial charge in [-0.25, -0.2) is 4.79 Å². The molecule has 1 fully saturated rings. The predicted octanol–water partition coefficient (Wildman–Crippen LogP) is 5.79. The minimum absolute atomic E-state index is 0.133. The van der Waals surface area contributed by atoms with Gasteiger partial charge in [0, 0.05) is 40.3 Å². The van der Waals surface area contributed by atoms with E-state index in [-0.39, 0.29) is 30.6 Å². The van der Waals surface area contributed by atoms with Gasteiger partial charge in [0.15, 0.2) is 5.13 Å². The van der Waals surface area contributed by atoms with E-state index in [0.29, 0.717) is 17.8 Å². The van der Waals surface area contributed by atoms with Gasteiger partial charge in [0.25, 0.3) is 0 Å². The fourth-order valence-electron chi connectivity index (χ4n) is 4.84. The van der Waals surface area contributed by atoms with Crippen molar-refractivity contribution in [2.45, 2.75) is 77.7 Å². The summed E-state index contributed by atoms with van der Waals surface area (Å²) in [5.74, 6) is 0. The van der Waals surface area contributed by atoms with Gasteiger partial charge in [-0.15, -0.1) is 11.3 Å². The van der Waals surface area contributed by atoms with Crippen LogP contribution in [0.3, 0.4) is 0 Å². The Kier molecular flexibility index (Phi) is 8.16. The zero-order valence-corrected chi connectivity index (χ0v) is 21.6. The van der Waals surface area contributed by atoms with Crippen molar-refractivity contribution in [3.05, 3.63) is 51.7 Å². The van der Waals surface area contributed by atoms with Crippen molar-refractivity contribution < 1.29 is 22.4 Å². The number of hydrogen-bond donors (Lipinski definition) is 2. The van der Waals surface area contributed by atoms with Gasteiger partial charge in [-0.2, -0.15) is 17.6 Å². The van der Waals surface area contributed by atoms with Gasteiger partial charge < -0.3 is 10.6 Å². The monoisotopic (exact) mass is 514 g/mol. The summed E-state index contributed by atoms with van der Waals surface area (Å²) < 4.78 is 57.1. The highest BCUT2D eigenvalue weighted by Crippen LogP contribution is 2.48. The van der Waals surface area contributed by atoms with E-state index in [9.17, 15) is 22.4 Å². The third kappa shape index (κ3) is 6.52. The van der Waals surface area contributed by atoms with Gasteiger partial charge >= 0.3 is 12.2 Å². The second-order valence-corrected chi connectivity index (χ2v) is 11.4. The number of amides is 2. The lowest BCUT2D eigenvalue weighted by atomic mass is 9.74. The third-order valence-electron chi connectivity index (χ3n) is 6.93. The number of rotatable bonds is 8. The number of aromatic nitrogens is 1. The van der Waals surface area contributed by atoms with Crippen molar-refractivity contribution in [3.8, 4) is 0 Å². The summed E-state index contributed by atoms with van der Waals surface area (Å²) in [6.45, 7) is 9.79. The van der Waals surface area contributed by atoms with Crippen LogP contribution in [0.5, 0.6) is 0 Å². The molecule has 0 spiro atoms. The molecule has 10 heteroatoms. The number of thiophene rings is 1. The van der Waals surface area contributed by atoms with E-state index < -0.39 is 29.2 Å². The highest BCUT2D eigenvalue weighted by atomic mass is 32.1. The molecule has 2 N–H and O–H groups in total. The molecule has 0 aliphatic carbocycles. The normalized spacial score (nSPS) is 20.3. The number of alkyl halides is 3. The van der Waals surface area contributed by atoms with Gasteiger partial charge in [0.1, 0.15) is 6.04 Å². The van der Waals surface area contributed by atoms with Gasteiger partial charge in [-0.3, -0.25) is 9.88 Å². The summed E-state index contributed by atoms with van der Waals surface area (Å²) in [4.78, 5) is 19.5. The van der Waals surface area contributed by atoms with Crippen LogP contribution < -0.4 is 10.6 Å². The summed E-state index contributed by atoms with van der Waals surface area (Å²) in [7, 11) is 0. The standard InChI is InChI=1S/C25H34F4N4OS/c1-16(2)31-22(34)32-21(25(27,28)29)24(11-10-19-8-9-20(26)35-19)12-13-33(15-24)23(4,5)18-7-6-17(3)30-14-18/h6-9,14,16,21H,10-13,15H2,1-5H3,(H2,31,32,34)/t21-,24-/m1/s1. The first-order valence-electron chi connectivity index (χ1n) is 11.8. The quantitative estimate of drug-likeness (QED) is 0.439. The summed E-state index contributed by atoms with van der Waals surface area (Å²) in [6.07, 6.45) is -2.18. The first kappa shape index (κ1) is 27.4. The van der Waals surface area contributed by atoms with E-state index in [4.69, 9.17) is 0 Å². The van der Waals surface area contributed by atoms with Crippen LogP contribution >= 0.6 is 11.3 Å². The second kappa shape index (κ2) is 10.4. The molecular formula is C25H34F4N4OS. The molecule has 2 atom stereocenters. The number of hydrogen-bond acceptors (Lipinski definition) is 4. The summed E-state index contributed by atoms with van der Waals surface area (Å²) >= 11 is 0.946. The molecule has 1 aliphatic heterocycles. The first-order chi connectivity index (χ1) is 16.2. The molecule has 2 aromatic rings. The largest absolute Gasteiger partial charge is 0.409 e. The number of pyridine rings is 1. The van der Waals surface area contributed by atoms with E-state index >= 15 is 0 Å². The summed E-state index contributed by atoms with van der Waals surface area (Å²) in [5, 5.41) is 4.40. The van der Waals surface area contributed by atoms with Crippen molar-refractivity contribution in [1.82, 2.24) is 20.5 Å². The van der Waals surface area contributed by atoms with Crippen LogP contribution in [0.25, 0.3) is 0 Å². The Morgan fingerprint density at radius 1 is 1.20 bits per heavy atom. The molecule has 2 amide bonds. The molecule has 194 valence electrons. The molecule has 3 heterocycles. The van der Waals surface area contributed by atoms with Gasteiger partial charge in [-0.1, -0.05) is 6.07 Å². The Morgan fingerprint density at radius 2 is 1.91 bits per heavy atom. The fourth-order valence-corrected chi connectivity index (χ4v) is 5.57. The number of likely N-dealkylation sites (tertiary alicyclic amines) is 1. The van der Waals surface area contributed by atoms with E-state index in [1.165, 1.54) is 6.07 Å². The lowest BCUT2D eigenvalue weighted by Gasteiger charge is -2.42. The fraction of sp³-hybridized carbons (Fsp3) is 0.600. The maximum Gasteiger partial charge on any atom is 0.409 e. The Labute approximate surface area is 208 Å². The van der Waals surface area contributed by atoms with Crippen LogP contribution in [-0.2, 0) is 12.0 Å². The number of nitrogens with zero attached hydrogens (tertiary/aromatic N) is 2. The molecule has 1 saturated heterocycles. The number of halogens is 4. The molecular weight excluding hydrogens is 480 g/mol. The highest BCUT2D eigenvalue weighted by molar-refractivity contribution is 7.10. The number of aryl methyl sites for hydroxylation is 2. The Hall–Kier alpha value is -2.20. The number of carbonyl (C=O) groups is 1. The third-order valence-corrected chi connectivity index (χ3v) is 7.86. The zero-order chi connectivity index (χ0) is 26.0. The zero-order valence-electron chi connectivity index (χ0n) is 20.8. The summed E-state index contributed by atoms with van der Waals surface area (Å²) in [6, 6.07) is 3.59. The molecule has 0 saturated carbocycles. The number of urea groups is 1. The van der Waals surface area contributed by atoms with Gasteiger partial charge in [0.05, 0.1) is 0 Å². The minimum atomic E-state index is -4.65. The maximum atomic E-state index is 14.5. The number of nitrogens with one attached hydrogen (secondary N) is 2. The van der Waals surface area contributed by atoms with E-state index in [0.717, 1.165) is 22.6 Å². The van der Waals surface area contributed by atoms with Crippen LogP contribution in [0, 0.1) is 17.5 Å². The minimum Gasteiger partial charge on any atom is -0.336 e. The van der Waals surface area contributed by atoms with Gasteiger partial charge in [0.2, 0.25) is 0 Å². The first-order valence-corrected chi connectivity index (χ1v) is 12.6. The van der Waals surface area contributed by atoms with Crippen molar-refractivity contribution in [2.75, 3.05) is 13.1 Å². The Balaban J connectivity index is 1.94. The maximum absolute atomic E-state index is 14.5. The average Bonchev–Trinajstić information content (AvgIpc) is 3.37. The van der Waals surface area contributed by atoms with E-state index in [1.807, 2.05) is 37.8 Å². The molecule has 5 nitrogen and oxygen atoms in total. The Morgan fingerprint density at radius 3 is 2.46 bits per heavy atom. The van der Waals surface area contributed by atoms with E-state index in [2.05, 4.69) is 15.6 Å². The molecule has 3 rings (SSSR count). The lowest BCUT2D eigenvalue weighted by Crippen LogP contribution is -2.60. The highest BCUT2D eigenvalue weighted by Gasteiger charge is 2.57. The SMILES string of the molecule is Cc1ccc(C(C)(C)N2CC[C@@](CCc3ccc(F)s3)([C@@H](NC(=O)NC(C)C)C(F)(F)F)C2)cn1. The smallest absolute Gasteiger partial charge is 0.336 e. The molecule has 2 aromatic heterocycles. The molecule has 0 unspecified atom stereocenters. The topological polar surface area (TPSA) is 57.3 Å². The molecule has 0 radical (unpaired) electrons. The Bertz CT molecular complexity index is 1010. The van der Waals surface area contributed by atoms with Crippen LogP contribution in [0.1, 0.15) is 56.7 Å². The molecule has 35 heavy (non-hydrogen) atoms. The van der Waals surface area contributed by atoms with Crippen LogP contribution in [0.4, 0.5) is 22.4 Å². The molecule has 0 bridgehead atoms. The predicted molar refractivity (Wildman–Crippen MR) is 130 cm³/mol. The lowest BCUT2D eigenvalue weighted by molar-refractivity contribution is -0.181. The van der Waals surface area contributed by atoms with Crippen LogP contribution in [0.2, 0.25) is 0 Å². The second-order valence-electron chi connectivity index (χ2n) is 10.2. The van der Waals surface area contributed by atoms with Crippen LogP contribution in [-0.4, -0.2) is 47.3 Å². The molecule has 0 aromatic carbocycles. The van der Waals surface area contributed by atoms with Crippen molar-refractivity contribution in [3.63, 3.8) is 0 Å². The van der Waals surface area contributed by atoms with Crippen molar-refractivity contribution in [2.24, 2.45) is 5.41 Å². The van der Waals surface area contributed by atoms with Gasteiger partial charge in [-0.05, 0) is 84.2 Å². The summed E-state index contributed by atoms with van der Waals surface area (Å²) in [5.41, 5.74) is -0.0645. The average molecular weight is 515 g/mol.